The van der Waals surface area contributed by atoms with E-state index in [1.165, 1.54) is 17.8 Å². The van der Waals surface area contributed by atoms with Gasteiger partial charge in [-0.15, -0.1) is 0 Å². The minimum atomic E-state index is -0.519. The molecule has 1 saturated carbocycles. The van der Waals surface area contributed by atoms with Gasteiger partial charge in [0.2, 0.25) is 0 Å². The maximum Gasteiger partial charge on any atom is 0.331 e. The first-order chi connectivity index (χ1) is 6.65. The van der Waals surface area contributed by atoms with Crippen molar-refractivity contribution in [3.05, 3.63) is 32.6 Å². The van der Waals surface area contributed by atoms with Crippen molar-refractivity contribution in [1.82, 2.24) is 9.13 Å². The summed E-state index contributed by atoms with van der Waals surface area (Å²) < 4.78 is 2.46. The molecule has 0 amide bonds. The van der Waals surface area contributed by atoms with Crippen molar-refractivity contribution in [3.63, 3.8) is 0 Å². The molecule has 1 aliphatic carbocycles. The van der Waals surface area contributed by atoms with Crippen LogP contribution < -0.4 is 11.2 Å². The Bertz CT molecular complexity index is 528. The highest BCUT2D eigenvalue weighted by Crippen LogP contribution is 2.32. The summed E-state index contributed by atoms with van der Waals surface area (Å²) in [6, 6.07) is 1.98. The molecular weight excluding hydrogens is 182 g/mol. The van der Waals surface area contributed by atoms with Gasteiger partial charge in [0.1, 0.15) is 11.6 Å². The van der Waals surface area contributed by atoms with E-state index in [-0.39, 0.29) is 17.3 Å². The second-order valence-corrected chi connectivity index (χ2v) is 3.44. The standard InChI is InChI=1S/C9H9N3O2/c1-11-8(13)6(4-10)5-12(9(11)14)7-2-3-7/h5,7H,2-3H2,1H3. The van der Waals surface area contributed by atoms with E-state index in [1.54, 1.807) is 6.07 Å². The lowest BCUT2D eigenvalue weighted by atomic mass is 10.3. The fourth-order valence-electron chi connectivity index (χ4n) is 1.38. The molecule has 14 heavy (non-hydrogen) atoms. The lowest BCUT2D eigenvalue weighted by molar-refractivity contribution is 0.614. The molecule has 1 fully saturated rings. The molecule has 0 radical (unpaired) electrons. The van der Waals surface area contributed by atoms with Gasteiger partial charge >= 0.3 is 5.69 Å². The van der Waals surface area contributed by atoms with Crippen LogP contribution in [0.3, 0.4) is 0 Å². The van der Waals surface area contributed by atoms with Gasteiger partial charge in [-0.25, -0.2) is 4.79 Å². The van der Waals surface area contributed by atoms with Gasteiger partial charge in [-0.1, -0.05) is 0 Å². The summed E-state index contributed by atoms with van der Waals surface area (Å²) in [6.45, 7) is 0. The molecule has 5 heteroatoms. The highest BCUT2D eigenvalue weighted by molar-refractivity contribution is 5.22. The maximum atomic E-state index is 11.6. The fraction of sp³-hybridized carbons (Fsp3) is 0.444. The second kappa shape index (κ2) is 2.84. The minimum absolute atomic E-state index is 0.0269. The van der Waals surface area contributed by atoms with Crippen LogP contribution in [0, 0.1) is 11.3 Å². The quantitative estimate of drug-likeness (QED) is 0.614. The van der Waals surface area contributed by atoms with Crippen molar-refractivity contribution in [3.8, 4) is 6.07 Å². The third-order valence-electron chi connectivity index (χ3n) is 2.37. The third-order valence-corrected chi connectivity index (χ3v) is 2.37. The van der Waals surface area contributed by atoms with E-state index in [2.05, 4.69) is 0 Å². The molecule has 72 valence electrons. The Kier molecular flexibility index (Phi) is 1.78. The maximum absolute atomic E-state index is 11.6. The summed E-state index contributed by atoms with van der Waals surface area (Å²) in [5, 5.41) is 8.68. The molecule has 5 nitrogen and oxygen atoms in total. The van der Waals surface area contributed by atoms with Gasteiger partial charge in [-0.3, -0.25) is 13.9 Å². The number of hydrogen-bond donors (Lipinski definition) is 0. The largest absolute Gasteiger partial charge is 0.331 e. The Hall–Kier alpha value is -1.83. The lowest BCUT2D eigenvalue weighted by Gasteiger charge is -2.05. The Balaban J connectivity index is 2.76. The smallest absolute Gasteiger partial charge is 0.296 e. The Morgan fingerprint density at radius 3 is 2.64 bits per heavy atom. The summed E-state index contributed by atoms with van der Waals surface area (Å²) in [4.78, 5) is 22.9. The van der Waals surface area contributed by atoms with Crippen LogP contribution >= 0.6 is 0 Å². The van der Waals surface area contributed by atoms with Gasteiger partial charge in [0, 0.05) is 19.3 Å². The van der Waals surface area contributed by atoms with Crippen LogP contribution in [0.1, 0.15) is 24.4 Å². The summed E-state index contributed by atoms with van der Waals surface area (Å²) >= 11 is 0. The molecule has 0 aromatic carbocycles. The van der Waals surface area contributed by atoms with E-state index in [4.69, 9.17) is 5.26 Å². The van der Waals surface area contributed by atoms with Crippen LogP contribution in [-0.2, 0) is 7.05 Å². The molecule has 0 saturated heterocycles. The number of rotatable bonds is 1. The average Bonchev–Trinajstić information content (AvgIpc) is 2.98. The minimum Gasteiger partial charge on any atom is -0.296 e. The van der Waals surface area contributed by atoms with Gasteiger partial charge in [-0.2, -0.15) is 5.26 Å². The molecule has 1 heterocycles. The van der Waals surface area contributed by atoms with E-state index < -0.39 is 5.56 Å². The van der Waals surface area contributed by atoms with E-state index in [9.17, 15) is 9.59 Å². The zero-order valence-electron chi connectivity index (χ0n) is 7.73. The van der Waals surface area contributed by atoms with Crippen molar-refractivity contribution in [1.29, 1.82) is 5.26 Å². The van der Waals surface area contributed by atoms with Gasteiger partial charge in [-0.05, 0) is 12.8 Å². The first kappa shape index (κ1) is 8.75. The van der Waals surface area contributed by atoms with Crippen molar-refractivity contribution >= 4 is 0 Å². The van der Waals surface area contributed by atoms with Crippen molar-refractivity contribution < 1.29 is 0 Å². The number of aromatic nitrogens is 2. The Morgan fingerprint density at radius 2 is 2.14 bits per heavy atom. The molecule has 0 bridgehead atoms. The topological polar surface area (TPSA) is 67.8 Å². The van der Waals surface area contributed by atoms with Crippen LogP contribution in [0.2, 0.25) is 0 Å². The molecule has 1 aromatic heterocycles. The zero-order valence-corrected chi connectivity index (χ0v) is 7.73. The molecular formula is C9H9N3O2. The van der Waals surface area contributed by atoms with E-state index in [0.717, 1.165) is 17.4 Å². The normalized spacial score (nSPS) is 15.1. The van der Waals surface area contributed by atoms with Crippen LogP contribution in [-0.4, -0.2) is 9.13 Å². The van der Waals surface area contributed by atoms with Gasteiger partial charge in [0.05, 0.1) is 0 Å². The highest BCUT2D eigenvalue weighted by Gasteiger charge is 2.26. The molecule has 0 spiro atoms. The highest BCUT2D eigenvalue weighted by atomic mass is 16.2. The molecule has 2 rings (SSSR count). The molecule has 0 aliphatic heterocycles. The number of nitriles is 1. The molecule has 1 aliphatic rings. The van der Waals surface area contributed by atoms with E-state index >= 15 is 0 Å². The van der Waals surface area contributed by atoms with Crippen molar-refractivity contribution in [2.24, 2.45) is 7.05 Å². The molecule has 1 aromatic rings. The molecule has 0 unspecified atom stereocenters. The molecule has 0 atom stereocenters. The zero-order chi connectivity index (χ0) is 10.3. The van der Waals surface area contributed by atoms with E-state index in [0.29, 0.717) is 0 Å². The average molecular weight is 191 g/mol. The van der Waals surface area contributed by atoms with Gasteiger partial charge in [0.15, 0.2) is 0 Å². The van der Waals surface area contributed by atoms with Crippen molar-refractivity contribution in [2.75, 3.05) is 0 Å². The summed E-state index contributed by atoms with van der Waals surface area (Å²) in [5.74, 6) is 0. The van der Waals surface area contributed by atoms with Gasteiger partial charge < -0.3 is 0 Å². The summed E-state index contributed by atoms with van der Waals surface area (Å²) in [7, 11) is 1.39. The SMILES string of the molecule is Cn1c(=O)c(C#N)cn(C2CC2)c1=O. The van der Waals surface area contributed by atoms with Crippen LogP contribution in [0.5, 0.6) is 0 Å². The van der Waals surface area contributed by atoms with E-state index in [1.807, 2.05) is 0 Å². The second-order valence-electron chi connectivity index (χ2n) is 3.44. The Labute approximate surface area is 79.8 Å². The number of nitrogens with zero attached hydrogens (tertiary/aromatic N) is 3. The van der Waals surface area contributed by atoms with Crippen LogP contribution in [0.4, 0.5) is 0 Å². The fourth-order valence-corrected chi connectivity index (χ4v) is 1.38. The van der Waals surface area contributed by atoms with Crippen molar-refractivity contribution in [2.45, 2.75) is 18.9 Å². The van der Waals surface area contributed by atoms with Crippen LogP contribution in [0.15, 0.2) is 15.8 Å². The predicted octanol–water partition coefficient (Wildman–Crippen LogP) is -0.246. The van der Waals surface area contributed by atoms with Gasteiger partial charge in [0.25, 0.3) is 5.56 Å². The first-order valence-corrected chi connectivity index (χ1v) is 4.37. The molecule has 0 N–H and O–H groups in total. The number of hydrogen-bond acceptors (Lipinski definition) is 3. The summed E-state index contributed by atoms with van der Waals surface area (Å²) in [5.41, 5.74) is -0.829. The predicted molar refractivity (Wildman–Crippen MR) is 48.9 cm³/mol. The lowest BCUT2D eigenvalue weighted by Crippen LogP contribution is -2.38. The Morgan fingerprint density at radius 1 is 1.50 bits per heavy atom. The monoisotopic (exact) mass is 191 g/mol. The third kappa shape index (κ3) is 1.16. The van der Waals surface area contributed by atoms with Crippen LogP contribution in [0.25, 0.3) is 0 Å². The first-order valence-electron chi connectivity index (χ1n) is 4.37. The summed E-state index contributed by atoms with van der Waals surface area (Å²) in [6.07, 6.45) is 3.26.